The highest BCUT2D eigenvalue weighted by atomic mass is 32.1. The molecule has 0 spiro atoms. The van der Waals surface area contributed by atoms with Gasteiger partial charge in [-0.05, 0) is 193 Å². The lowest BCUT2D eigenvalue weighted by Crippen LogP contribution is -2.28. The Morgan fingerprint density at radius 2 is 0.976 bits per heavy atom. The van der Waals surface area contributed by atoms with Gasteiger partial charge >= 0.3 is 29.8 Å². The zero-order valence-corrected chi connectivity index (χ0v) is 48.2. The molecule has 0 atom stereocenters. The van der Waals surface area contributed by atoms with Gasteiger partial charge in [0.15, 0.2) is 0 Å². The smallest absolute Gasteiger partial charge is 0.330 e. The number of fused-ring (bicyclic) bond motifs is 1. The molecule has 1 aromatic heterocycles. The average Bonchev–Trinajstić information content (AvgIpc) is 4.03. The number of unbranched alkanes of at least 4 members (excludes halogenated alkanes) is 6. The Bertz CT molecular complexity index is 2870. The summed E-state index contributed by atoms with van der Waals surface area (Å²) < 4.78 is 52.7. The summed E-state index contributed by atoms with van der Waals surface area (Å²) in [6.45, 7) is 13.4. The minimum Gasteiger partial charge on any atom is -0.494 e. The summed E-state index contributed by atoms with van der Waals surface area (Å²) in [4.78, 5) is 65.7. The van der Waals surface area contributed by atoms with E-state index in [0.29, 0.717) is 111 Å². The summed E-state index contributed by atoms with van der Waals surface area (Å²) in [5.74, 6) is 1.79. The quantitative estimate of drug-likeness (QED) is 0.00705. The van der Waals surface area contributed by atoms with Crippen LogP contribution in [0.25, 0.3) is 10.2 Å². The minimum absolute atomic E-state index is 0.0512. The van der Waals surface area contributed by atoms with Gasteiger partial charge in [0.2, 0.25) is 5.13 Å². The molecular formula is C65H77N3O14S. The van der Waals surface area contributed by atoms with Gasteiger partial charge in [-0.25, -0.2) is 24.4 Å². The molecular weight excluding hydrogens is 1080 g/mol. The lowest BCUT2D eigenvalue weighted by Gasteiger charge is -2.28. The van der Waals surface area contributed by atoms with Gasteiger partial charge in [-0.1, -0.05) is 43.2 Å². The van der Waals surface area contributed by atoms with Crippen LogP contribution in [0.3, 0.4) is 0 Å². The van der Waals surface area contributed by atoms with Crippen LogP contribution in [0, 0.1) is 23.7 Å². The third kappa shape index (κ3) is 21.7. The largest absolute Gasteiger partial charge is 0.494 e. The van der Waals surface area contributed by atoms with E-state index < -0.39 is 17.9 Å². The second-order valence-electron chi connectivity index (χ2n) is 20.5. The van der Waals surface area contributed by atoms with Gasteiger partial charge in [0.05, 0.1) is 74.5 Å². The van der Waals surface area contributed by atoms with Gasteiger partial charge in [0, 0.05) is 23.8 Å². The van der Waals surface area contributed by atoms with Crippen LogP contribution < -0.4 is 33.4 Å². The van der Waals surface area contributed by atoms with Gasteiger partial charge in [-0.15, -0.1) is 0 Å². The predicted molar refractivity (Wildman–Crippen MR) is 318 cm³/mol. The number of benzene rings is 4. The first-order valence-corrected chi connectivity index (χ1v) is 29.7. The Morgan fingerprint density at radius 1 is 0.518 bits per heavy atom. The Balaban J connectivity index is 0.889. The number of rotatable bonds is 35. The van der Waals surface area contributed by atoms with Crippen molar-refractivity contribution in [3.63, 3.8) is 0 Å². The Labute approximate surface area is 490 Å². The maximum atomic E-state index is 13.3. The van der Waals surface area contributed by atoms with Gasteiger partial charge in [-0.3, -0.25) is 9.59 Å². The third-order valence-corrected chi connectivity index (χ3v) is 15.4. The van der Waals surface area contributed by atoms with E-state index in [1.54, 1.807) is 59.8 Å². The number of hydrazone groups is 1. The van der Waals surface area contributed by atoms with Crippen molar-refractivity contribution in [2.45, 2.75) is 103 Å². The highest BCUT2D eigenvalue weighted by molar-refractivity contribution is 7.22. The summed E-state index contributed by atoms with van der Waals surface area (Å²) in [5.41, 5.74) is 1.50. The molecule has 2 fully saturated rings. The topological polar surface area (TPSA) is 197 Å². The molecule has 2 aliphatic rings. The summed E-state index contributed by atoms with van der Waals surface area (Å²) in [5, 5.41) is 7.22. The minimum atomic E-state index is -0.533. The molecule has 0 amide bonds. The molecule has 0 bridgehead atoms. The molecule has 7 rings (SSSR count). The lowest BCUT2D eigenvalue weighted by atomic mass is 9.82. The predicted octanol–water partition coefficient (Wildman–Crippen LogP) is 12.8. The van der Waals surface area contributed by atoms with E-state index in [0.717, 1.165) is 105 Å². The van der Waals surface area contributed by atoms with Crippen LogP contribution in [0.5, 0.6) is 34.5 Å². The maximum Gasteiger partial charge on any atom is 0.330 e. The Hall–Kier alpha value is -7.99. The van der Waals surface area contributed by atoms with Crippen molar-refractivity contribution < 1.29 is 66.6 Å². The first kappa shape index (κ1) is 62.6. The van der Waals surface area contributed by atoms with E-state index in [2.05, 4.69) is 19.7 Å². The zero-order chi connectivity index (χ0) is 58.4. The monoisotopic (exact) mass is 1160 g/mol. The molecule has 0 aliphatic heterocycles. The summed E-state index contributed by atoms with van der Waals surface area (Å²) >= 11 is 1.47. The van der Waals surface area contributed by atoms with Crippen molar-refractivity contribution in [3.8, 4) is 34.5 Å². The van der Waals surface area contributed by atoms with Crippen LogP contribution >= 0.6 is 11.3 Å². The van der Waals surface area contributed by atoms with E-state index in [4.69, 9.17) is 52.7 Å². The standard InChI is InChI=1S/C65H77N3O14S/c1-4-60(69)76-40-15-9-7-13-38-74-52-27-31-54(32-28-52)81-63(72)49-23-19-47(20-24-49)45-79-56-35-36-58(51(43-56)44-66-68(37-42-78-62(71)6-3)65-67-57-17-11-12-18-59(57)83-65)80-46-48-21-25-50(26-22-48)64(73)82-55-33-29-53(30-34-55)75-39-14-8-10-16-41-77-61(70)5-2/h4-6,11-12,17-18,27-36,43-44,47-50H,1-3,7-10,13-16,19-26,37-42,45-46H2/b66-44+. The molecule has 2 aliphatic carbocycles. The fourth-order valence-electron chi connectivity index (χ4n) is 9.56. The molecule has 0 saturated heterocycles. The number of nitrogens with zero attached hydrogens (tertiary/aromatic N) is 3. The fraction of sp³-hybridized carbons (Fsp3) is 0.431. The molecule has 83 heavy (non-hydrogen) atoms. The van der Waals surface area contributed by atoms with Crippen LogP contribution in [0.2, 0.25) is 0 Å². The molecule has 5 aromatic rings. The molecule has 17 nitrogen and oxygen atoms in total. The number of anilines is 1. The second kappa shape index (κ2) is 34.5. The van der Waals surface area contributed by atoms with Gasteiger partial charge in [0.25, 0.3) is 0 Å². The molecule has 0 unspecified atom stereocenters. The second-order valence-corrected chi connectivity index (χ2v) is 21.5. The molecule has 0 N–H and O–H groups in total. The number of para-hydroxylation sites is 1. The molecule has 2 saturated carbocycles. The third-order valence-electron chi connectivity index (χ3n) is 14.4. The SMILES string of the molecule is C=CC(=O)OCCCCCCOc1ccc(OC(=O)C2CCC(COc3ccc(OCC4CCC(C(=O)Oc5ccc(OCCCCCCOC(=O)C=C)cc5)CC4)c(/C=N/N(CCOC(=O)C=C)c4nc5ccccc5s4)c3)CC2)cc1. The Morgan fingerprint density at radius 3 is 1.48 bits per heavy atom. The van der Waals surface area contributed by atoms with Crippen molar-refractivity contribution in [2.24, 2.45) is 28.8 Å². The maximum absolute atomic E-state index is 13.3. The molecule has 0 radical (unpaired) electrons. The van der Waals surface area contributed by atoms with Crippen LogP contribution in [-0.4, -0.2) is 93.8 Å². The van der Waals surface area contributed by atoms with E-state index in [-0.39, 0.29) is 48.8 Å². The van der Waals surface area contributed by atoms with Crippen molar-refractivity contribution in [1.29, 1.82) is 0 Å². The van der Waals surface area contributed by atoms with Crippen LogP contribution in [0.4, 0.5) is 5.13 Å². The molecule has 18 heteroatoms. The van der Waals surface area contributed by atoms with E-state index in [1.165, 1.54) is 11.3 Å². The number of esters is 5. The van der Waals surface area contributed by atoms with Crippen LogP contribution in [0.15, 0.2) is 134 Å². The number of hydrogen-bond donors (Lipinski definition) is 0. The van der Waals surface area contributed by atoms with E-state index >= 15 is 0 Å². The fourth-order valence-corrected chi connectivity index (χ4v) is 10.5. The number of ether oxygens (including phenoxy) is 9. The van der Waals surface area contributed by atoms with Crippen molar-refractivity contribution >= 4 is 62.7 Å². The summed E-state index contributed by atoms with van der Waals surface area (Å²) in [6.07, 6.45) is 18.2. The first-order valence-electron chi connectivity index (χ1n) is 28.9. The Kier molecular flexibility index (Phi) is 26.0. The molecule has 4 aromatic carbocycles. The lowest BCUT2D eigenvalue weighted by molar-refractivity contribution is -0.141. The molecule has 1 heterocycles. The highest BCUT2D eigenvalue weighted by Gasteiger charge is 2.30. The van der Waals surface area contributed by atoms with E-state index in [1.807, 2.05) is 42.5 Å². The van der Waals surface area contributed by atoms with Crippen molar-refractivity contribution in [1.82, 2.24) is 4.98 Å². The normalized spacial score (nSPS) is 16.7. The zero-order valence-electron chi connectivity index (χ0n) is 47.3. The van der Waals surface area contributed by atoms with Crippen molar-refractivity contribution in [2.75, 3.05) is 57.8 Å². The number of carbonyl (C=O) groups excluding carboxylic acids is 5. The van der Waals surface area contributed by atoms with Crippen molar-refractivity contribution in [3.05, 3.63) is 135 Å². The number of carbonyl (C=O) groups is 5. The van der Waals surface area contributed by atoms with Gasteiger partial charge < -0.3 is 42.6 Å². The number of thiazole rings is 1. The summed E-state index contributed by atoms with van der Waals surface area (Å²) in [7, 11) is 0. The average molecular weight is 1160 g/mol. The number of hydrogen-bond acceptors (Lipinski definition) is 18. The number of aromatic nitrogens is 1. The van der Waals surface area contributed by atoms with Gasteiger partial charge in [0.1, 0.15) is 41.1 Å². The molecule has 442 valence electrons. The van der Waals surface area contributed by atoms with Crippen LogP contribution in [0.1, 0.15) is 108 Å². The van der Waals surface area contributed by atoms with Gasteiger partial charge in [-0.2, -0.15) is 5.10 Å². The summed E-state index contributed by atoms with van der Waals surface area (Å²) in [6, 6.07) is 27.7. The van der Waals surface area contributed by atoms with E-state index in [9.17, 15) is 24.0 Å². The highest BCUT2D eigenvalue weighted by Crippen LogP contribution is 2.35. The van der Waals surface area contributed by atoms with Crippen LogP contribution in [-0.2, 0) is 38.2 Å². The first-order chi connectivity index (χ1) is 40.5.